The van der Waals surface area contributed by atoms with Crippen LogP contribution < -0.4 is 21.5 Å². The molecular weight excluding hydrogens is 254 g/mol. The maximum Gasteiger partial charge on any atom is 0.243 e. The Morgan fingerprint density at radius 2 is 1.75 bits per heavy atom. The van der Waals surface area contributed by atoms with Crippen LogP contribution in [0.15, 0.2) is 0 Å². The Morgan fingerprint density at radius 3 is 2.35 bits per heavy atom. The van der Waals surface area contributed by atoms with Crippen LogP contribution in [-0.4, -0.2) is 35.6 Å². The Balaban J connectivity index is 1.96. The number of nitrogens with one attached hydrogen (secondary N) is 2. The number of aromatic nitrogens is 3. The Bertz CT molecular complexity index is 427. The average molecular weight is 279 g/mol. The molecule has 0 atom stereocenters. The van der Waals surface area contributed by atoms with Crippen LogP contribution >= 0.6 is 0 Å². The Kier molecular flexibility index (Phi) is 4.94. The van der Waals surface area contributed by atoms with Crippen LogP contribution in [0.25, 0.3) is 0 Å². The van der Waals surface area contributed by atoms with E-state index in [1.165, 1.54) is 25.7 Å². The van der Waals surface area contributed by atoms with Crippen molar-refractivity contribution in [3.63, 3.8) is 0 Å². The lowest BCUT2D eigenvalue weighted by molar-refractivity contribution is 0.300. The molecule has 2 rings (SSSR count). The third kappa shape index (κ3) is 3.93. The first-order valence-electron chi connectivity index (χ1n) is 7.22. The number of rotatable bonds is 5. The molecule has 1 aliphatic rings. The number of anilines is 3. The Hall–Kier alpha value is -1.63. The normalized spacial score (nSPS) is 22.4. The molecule has 0 radical (unpaired) electrons. The van der Waals surface area contributed by atoms with Gasteiger partial charge in [0.05, 0.1) is 0 Å². The third-order valence-corrected chi connectivity index (χ3v) is 3.84. The molecule has 1 heterocycles. The molecule has 1 fully saturated rings. The summed E-state index contributed by atoms with van der Waals surface area (Å²) in [5.74, 6) is 8.52. The van der Waals surface area contributed by atoms with Gasteiger partial charge >= 0.3 is 0 Å². The molecule has 0 aromatic carbocycles. The van der Waals surface area contributed by atoms with E-state index in [2.05, 4.69) is 32.6 Å². The van der Waals surface area contributed by atoms with Gasteiger partial charge in [-0.25, -0.2) is 5.84 Å². The van der Waals surface area contributed by atoms with E-state index in [0.29, 0.717) is 23.8 Å². The standard InChI is InChI=1S/C13H25N7/c1-9-4-6-10(7-5-9)8-15-11-16-12(19-14)18-13(17-11)20(2)3/h9-10H,4-8,14H2,1-3H3,(H2,15,16,17,18,19). The minimum absolute atomic E-state index is 0.378. The largest absolute Gasteiger partial charge is 0.354 e. The van der Waals surface area contributed by atoms with Gasteiger partial charge < -0.3 is 10.2 Å². The van der Waals surface area contributed by atoms with Crippen LogP contribution in [0.4, 0.5) is 17.8 Å². The first kappa shape index (κ1) is 14.8. The van der Waals surface area contributed by atoms with E-state index >= 15 is 0 Å². The van der Waals surface area contributed by atoms with E-state index in [1.54, 1.807) is 0 Å². The van der Waals surface area contributed by atoms with Crippen molar-refractivity contribution in [3.05, 3.63) is 0 Å². The van der Waals surface area contributed by atoms with Gasteiger partial charge in [0.25, 0.3) is 0 Å². The van der Waals surface area contributed by atoms with Gasteiger partial charge in [-0.1, -0.05) is 19.8 Å². The summed E-state index contributed by atoms with van der Waals surface area (Å²) in [6.45, 7) is 3.24. The lowest BCUT2D eigenvalue weighted by atomic mass is 9.83. The van der Waals surface area contributed by atoms with Crippen molar-refractivity contribution in [1.29, 1.82) is 0 Å². The monoisotopic (exact) mass is 279 g/mol. The fourth-order valence-corrected chi connectivity index (χ4v) is 2.48. The van der Waals surface area contributed by atoms with Gasteiger partial charge in [-0.15, -0.1) is 0 Å². The van der Waals surface area contributed by atoms with Crippen molar-refractivity contribution in [3.8, 4) is 0 Å². The quantitative estimate of drug-likeness (QED) is 0.555. The minimum Gasteiger partial charge on any atom is -0.354 e. The van der Waals surface area contributed by atoms with Gasteiger partial charge in [-0.3, -0.25) is 5.43 Å². The zero-order valence-electron chi connectivity index (χ0n) is 12.6. The highest BCUT2D eigenvalue weighted by Gasteiger charge is 2.18. The van der Waals surface area contributed by atoms with E-state index in [9.17, 15) is 0 Å². The SMILES string of the molecule is CC1CCC(CNc2nc(NN)nc(N(C)C)n2)CC1. The van der Waals surface area contributed by atoms with Gasteiger partial charge in [0.1, 0.15) is 0 Å². The smallest absolute Gasteiger partial charge is 0.243 e. The van der Waals surface area contributed by atoms with Crippen molar-refractivity contribution in [2.45, 2.75) is 32.6 Å². The second kappa shape index (κ2) is 6.69. The fraction of sp³-hybridized carbons (Fsp3) is 0.769. The van der Waals surface area contributed by atoms with Gasteiger partial charge in [0.15, 0.2) is 0 Å². The molecule has 1 aromatic heterocycles. The highest BCUT2D eigenvalue weighted by atomic mass is 15.4. The molecule has 0 unspecified atom stereocenters. The molecule has 0 bridgehead atoms. The predicted molar refractivity (Wildman–Crippen MR) is 81.6 cm³/mol. The Morgan fingerprint density at radius 1 is 1.10 bits per heavy atom. The van der Waals surface area contributed by atoms with E-state index in [1.807, 2.05) is 19.0 Å². The first-order chi connectivity index (χ1) is 9.58. The zero-order chi connectivity index (χ0) is 14.5. The Labute approximate surface area is 120 Å². The number of nitrogen functional groups attached to an aromatic ring is 1. The molecular formula is C13H25N7. The van der Waals surface area contributed by atoms with Crippen LogP contribution in [0.1, 0.15) is 32.6 Å². The van der Waals surface area contributed by atoms with Crippen LogP contribution in [0.5, 0.6) is 0 Å². The van der Waals surface area contributed by atoms with Gasteiger partial charge in [-0.2, -0.15) is 15.0 Å². The minimum atomic E-state index is 0.378. The van der Waals surface area contributed by atoms with Crippen molar-refractivity contribution in [2.24, 2.45) is 17.7 Å². The average Bonchev–Trinajstić information content (AvgIpc) is 2.46. The molecule has 7 nitrogen and oxygen atoms in total. The predicted octanol–water partition coefficient (Wildman–Crippen LogP) is 1.46. The van der Waals surface area contributed by atoms with Gasteiger partial charge in [-0.05, 0) is 24.7 Å². The molecule has 0 aliphatic heterocycles. The highest BCUT2D eigenvalue weighted by Crippen LogP contribution is 2.28. The number of nitrogens with zero attached hydrogens (tertiary/aromatic N) is 4. The number of nitrogens with two attached hydrogens (primary N) is 1. The molecule has 1 aromatic rings. The summed E-state index contributed by atoms with van der Waals surface area (Å²) in [6.07, 6.45) is 5.20. The van der Waals surface area contributed by atoms with Crippen molar-refractivity contribution in [1.82, 2.24) is 15.0 Å². The van der Waals surface area contributed by atoms with E-state index in [0.717, 1.165) is 12.5 Å². The zero-order valence-corrected chi connectivity index (χ0v) is 12.6. The summed E-state index contributed by atoms with van der Waals surface area (Å²) in [5, 5.41) is 3.31. The summed E-state index contributed by atoms with van der Waals surface area (Å²) in [7, 11) is 3.78. The molecule has 1 aliphatic carbocycles. The molecule has 0 spiro atoms. The summed E-state index contributed by atoms with van der Waals surface area (Å²) in [5.41, 5.74) is 2.48. The lowest BCUT2D eigenvalue weighted by Gasteiger charge is -2.26. The molecule has 4 N–H and O–H groups in total. The number of hydrogen-bond acceptors (Lipinski definition) is 7. The summed E-state index contributed by atoms with van der Waals surface area (Å²) in [4.78, 5) is 14.6. The second-order valence-electron chi connectivity index (χ2n) is 5.83. The van der Waals surface area contributed by atoms with Crippen molar-refractivity contribution in [2.75, 3.05) is 36.3 Å². The maximum atomic E-state index is 5.39. The summed E-state index contributed by atoms with van der Waals surface area (Å²) in [6, 6.07) is 0. The molecule has 20 heavy (non-hydrogen) atoms. The topological polar surface area (TPSA) is 92.0 Å². The summed E-state index contributed by atoms with van der Waals surface area (Å²) >= 11 is 0. The van der Waals surface area contributed by atoms with Gasteiger partial charge in [0, 0.05) is 20.6 Å². The van der Waals surface area contributed by atoms with Crippen molar-refractivity contribution < 1.29 is 0 Å². The highest BCUT2D eigenvalue weighted by molar-refractivity contribution is 5.42. The number of hydrazine groups is 1. The van der Waals surface area contributed by atoms with Crippen molar-refractivity contribution >= 4 is 17.8 Å². The van der Waals surface area contributed by atoms with Crippen LogP contribution in [0.2, 0.25) is 0 Å². The molecule has 0 amide bonds. The molecule has 7 heteroatoms. The molecule has 112 valence electrons. The summed E-state index contributed by atoms with van der Waals surface area (Å²) < 4.78 is 0. The van der Waals surface area contributed by atoms with Gasteiger partial charge in [0.2, 0.25) is 17.8 Å². The van der Waals surface area contributed by atoms with Crippen LogP contribution in [0, 0.1) is 11.8 Å². The third-order valence-electron chi connectivity index (χ3n) is 3.84. The lowest BCUT2D eigenvalue weighted by Crippen LogP contribution is -2.23. The van der Waals surface area contributed by atoms with E-state index in [4.69, 9.17) is 5.84 Å². The van der Waals surface area contributed by atoms with E-state index in [-0.39, 0.29) is 0 Å². The second-order valence-corrected chi connectivity index (χ2v) is 5.83. The van der Waals surface area contributed by atoms with Crippen LogP contribution in [-0.2, 0) is 0 Å². The molecule has 0 saturated heterocycles. The fourth-order valence-electron chi connectivity index (χ4n) is 2.48. The number of hydrogen-bond donors (Lipinski definition) is 3. The first-order valence-corrected chi connectivity index (χ1v) is 7.22. The molecule has 1 saturated carbocycles. The van der Waals surface area contributed by atoms with E-state index < -0.39 is 0 Å². The maximum absolute atomic E-state index is 5.39. The van der Waals surface area contributed by atoms with Crippen LogP contribution in [0.3, 0.4) is 0 Å².